The molecule has 6 heterocycles. The molecule has 0 aliphatic carbocycles. The third kappa shape index (κ3) is 17.5. The molecule has 13 atom stereocenters. The van der Waals surface area contributed by atoms with Crippen molar-refractivity contribution < 1.29 is 113 Å². The number of ether oxygens (including phenoxy) is 9. The second-order valence-electron chi connectivity index (χ2n) is 23.7. The van der Waals surface area contributed by atoms with Gasteiger partial charge in [0.1, 0.15) is 36.4 Å². The fraction of sp³-hybridized carbons (Fsp3) is 0.708. The van der Waals surface area contributed by atoms with Crippen LogP contribution in [0.5, 0.6) is 34.5 Å². The molecule has 504 valence electrons. The minimum Gasteiger partial charge on any atom is -0.493 e. The molecule has 18 heteroatoms. The molecule has 10 unspecified atom stereocenters. The summed E-state index contributed by atoms with van der Waals surface area (Å²) in [5.74, 6) is -22.4. The largest absolute Gasteiger partial charge is 0.493 e. The number of fused-ring (bicyclic) bond motifs is 9. The molecule has 9 rings (SSSR count). The number of carbonyl (C=O) groups is 3. The van der Waals surface area contributed by atoms with Crippen molar-refractivity contribution >= 4 is 17.9 Å². The highest BCUT2D eigenvalue weighted by Gasteiger charge is 2.45. The molecule has 0 radical (unpaired) electrons. The first-order chi connectivity index (χ1) is 58.6. The molecule has 3 aromatic rings. The molecule has 6 aliphatic heterocycles. The summed E-state index contributed by atoms with van der Waals surface area (Å²) < 4.78 is 387. The molecule has 6 N–H and O–H groups in total. The fourth-order valence-corrected chi connectivity index (χ4v) is 11.8. The standard InChI is InChI=1S/3C24H38N2O4/c3*1-14(2)9-17-13-26-8-7-16-10-21(28-5)22(29-6)11-18(16)19(26)12-20(17)30-24(27)23(25)15(3)4/h3*10-11,14-15,17,19-20,23H,7-9,12-13,25H2,1-6H3/t3*17?,19?,20?,23-/m000/s1/i1D3,5D3,7D2,8D2,9D2,10D,11D,12D2,13D2,14D,17D,19D,20D;3D3,4D3,5D3,15D,23D;3D3,4D3,15D,23D/t14?,17?,19?,20?,23-;2m. The highest BCUT2D eigenvalue weighted by molar-refractivity contribution is 5.77. The van der Waals surface area contributed by atoms with Crippen LogP contribution in [0.25, 0.3) is 0 Å². The van der Waals surface area contributed by atoms with E-state index in [1.54, 1.807) is 26.4 Å². The molecule has 18 nitrogen and oxygen atoms in total. The van der Waals surface area contributed by atoms with E-state index in [-0.39, 0.29) is 53.7 Å². The first-order valence-electron chi connectivity index (χ1n) is 50.0. The van der Waals surface area contributed by atoms with Gasteiger partial charge in [0.05, 0.1) is 59.0 Å². The Morgan fingerprint density at radius 2 is 1.10 bits per heavy atom. The Bertz CT molecular complexity index is 4640. The molecule has 90 heavy (non-hydrogen) atoms. The summed E-state index contributed by atoms with van der Waals surface area (Å²) in [5.41, 5.74) is 18.1. The Morgan fingerprint density at radius 3 is 1.56 bits per heavy atom. The van der Waals surface area contributed by atoms with E-state index in [1.807, 2.05) is 39.8 Å². The van der Waals surface area contributed by atoms with Crippen LogP contribution in [0, 0.1) is 53.2 Å². The number of hydrogen-bond acceptors (Lipinski definition) is 18. The normalized spacial score (nSPS) is 39.0. The van der Waals surface area contributed by atoms with E-state index in [9.17, 15) is 24.0 Å². The van der Waals surface area contributed by atoms with Gasteiger partial charge in [-0.1, -0.05) is 82.7 Å². The van der Waals surface area contributed by atoms with E-state index in [2.05, 4.69) is 9.80 Å². The van der Waals surface area contributed by atoms with Gasteiger partial charge in [-0.3, -0.25) is 29.1 Å². The van der Waals surface area contributed by atoms with Crippen molar-refractivity contribution in [2.24, 2.45) is 70.4 Å². The van der Waals surface area contributed by atoms with Gasteiger partial charge in [-0.25, -0.2) is 0 Å². The zero-order valence-electron chi connectivity index (χ0n) is 93.6. The summed E-state index contributed by atoms with van der Waals surface area (Å²) in [7, 11) is -0.838. The van der Waals surface area contributed by atoms with Crippen molar-refractivity contribution in [3.8, 4) is 34.5 Å². The fourth-order valence-electron chi connectivity index (χ4n) is 11.8. The van der Waals surface area contributed by atoms with Gasteiger partial charge in [-0.15, -0.1) is 0 Å². The number of esters is 3. The Morgan fingerprint density at radius 1 is 0.622 bits per heavy atom. The van der Waals surface area contributed by atoms with Gasteiger partial charge in [0.2, 0.25) is 0 Å². The van der Waals surface area contributed by atoms with Crippen LogP contribution in [0.4, 0.5) is 0 Å². The van der Waals surface area contributed by atoms with Gasteiger partial charge in [-0.05, 0) is 144 Å². The molecular formula is C72H114N6O12. The van der Waals surface area contributed by atoms with E-state index < -0.39 is 210 Å². The molecule has 0 spiro atoms. The number of rotatable bonds is 21. The number of benzene rings is 3. The molecule has 3 saturated heterocycles. The highest BCUT2D eigenvalue weighted by Crippen LogP contribution is 2.48. The Kier molecular flexibility index (Phi) is 12.3. The van der Waals surface area contributed by atoms with E-state index in [0.717, 1.165) is 42.3 Å². The maximum atomic E-state index is 13.5. The summed E-state index contributed by atoms with van der Waals surface area (Å²) in [6, 6.07) is -9.05. The van der Waals surface area contributed by atoms with Gasteiger partial charge in [0.25, 0.3) is 0 Å². The molecule has 0 saturated carbocycles. The lowest BCUT2D eigenvalue weighted by Crippen LogP contribution is -2.51. The minimum absolute atomic E-state index is 0.0689. The average molecular weight is 1300 g/mol. The first kappa shape index (κ1) is 34.2. The smallest absolute Gasteiger partial charge is 0.323 e. The van der Waals surface area contributed by atoms with Crippen molar-refractivity contribution in [3.05, 3.63) is 69.7 Å². The Balaban J connectivity index is 0.000000273. The van der Waals surface area contributed by atoms with Gasteiger partial charge < -0.3 is 59.8 Å². The average Bonchev–Trinajstić information content (AvgIpc) is 0.625. The zero-order valence-corrected chi connectivity index (χ0v) is 52.6. The highest BCUT2D eigenvalue weighted by atomic mass is 16.6. The van der Waals surface area contributed by atoms with Crippen molar-refractivity contribution in [3.63, 3.8) is 0 Å². The Labute approximate surface area is 597 Å². The third-order valence-electron chi connectivity index (χ3n) is 16.2. The second kappa shape index (κ2) is 32.5. The van der Waals surface area contributed by atoms with Crippen LogP contribution in [0.3, 0.4) is 0 Å². The van der Waals surface area contributed by atoms with Crippen molar-refractivity contribution in [1.82, 2.24) is 14.7 Å². The van der Waals surface area contributed by atoms with Crippen LogP contribution >= 0.6 is 0 Å². The minimum atomic E-state index is -4.69. The molecule has 6 aliphatic rings. The van der Waals surface area contributed by atoms with Gasteiger partial charge >= 0.3 is 17.9 Å². The summed E-state index contributed by atoms with van der Waals surface area (Å²) in [5, 5.41) is 0. The molecule has 3 fully saturated rings. The zero-order chi connectivity index (χ0) is 102. The third-order valence-corrected chi connectivity index (χ3v) is 16.2. The lowest BCUT2D eigenvalue weighted by molar-refractivity contribution is -0.161. The number of hydrogen-bond donors (Lipinski definition) is 3. The van der Waals surface area contributed by atoms with E-state index in [4.69, 9.17) is 106 Å². The summed E-state index contributed by atoms with van der Waals surface area (Å²) in [6.45, 7) is -13.5. The van der Waals surface area contributed by atoms with E-state index in [0.29, 0.717) is 63.7 Å². The number of piperidine rings is 3. The Hall–Kier alpha value is -5.37. The van der Waals surface area contributed by atoms with Gasteiger partial charge in [0, 0.05) is 134 Å². The molecule has 0 bridgehead atoms. The summed E-state index contributed by atoms with van der Waals surface area (Å²) in [4.78, 5) is 43.9. The number of methoxy groups -OCH3 is 6. The molecule has 3 aromatic carbocycles. The molecule has 0 amide bonds. The quantitative estimate of drug-likeness (QED) is 0.0666. The van der Waals surface area contributed by atoms with E-state index >= 15 is 0 Å². The predicted octanol–water partition coefficient (Wildman–Crippen LogP) is 10.7. The summed E-state index contributed by atoms with van der Waals surface area (Å²) in [6.07, 6.45) is -15.9. The van der Waals surface area contributed by atoms with Crippen LogP contribution in [-0.4, -0.2) is 151 Å². The van der Waals surface area contributed by atoms with Crippen molar-refractivity contribution in [2.45, 2.75) is 195 Å². The van der Waals surface area contributed by atoms with Crippen LogP contribution in [0.15, 0.2) is 36.4 Å². The lowest BCUT2D eigenvalue weighted by Gasteiger charge is -2.47. The van der Waals surface area contributed by atoms with Gasteiger partial charge in [0.15, 0.2) is 34.5 Å². The van der Waals surface area contributed by atoms with Crippen LogP contribution in [0.2, 0.25) is 0 Å². The monoisotopic (exact) mass is 1300 g/mol. The SMILES string of the molecule is [2H]C([2H])([2H])C([2H])(C([2H])([2H])[2H])[C@]([2H])(N)C(=O)OC1CC2c3cc(OC)c(OC)cc3CCN2CC1CC(C)C.[2H]C([2H])([2H])Oc1cc2c(cc1OC)C1CC(OC(=O)[C@@]([2H])(N)C([2H])(C([2H])([2H])[2H])C([2H])([2H])[2H])C(CC(C)C)CN1CC2.[2H]c1c(OC([2H])([2H])[2H])c(OC)c([2H])c2c1C([2H])([2H])C([2H])([2H])N1C([2H])([2H])C([2H])(C([2H])([2H])C([2H])(C)C([2H])([2H])[2H])C([2H])(OC(=O)[C@@H](N)C(C)C)C([2H])([2H])C21[2H]. The first-order valence-corrected chi connectivity index (χ1v) is 29.5. The van der Waals surface area contributed by atoms with Gasteiger partial charge in [-0.2, -0.15) is 0 Å². The van der Waals surface area contributed by atoms with Crippen molar-refractivity contribution in [1.29, 1.82) is 0 Å². The topological polar surface area (TPSA) is 222 Å². The number of nitrogens with zero attached hydrogens (tertiary/aromatic N) is 3. The second-order valence-corrected chi connectivity index (χ2v) is 23.7. The number of nitrogens with two attached hydrogens (primary N) is 3. The maximum Gasteiger partial charge on any atom is 0.323 e. The van der Waals surface area contributed by atoms with E-state index in [1.165, 1.54) is 21.0 Å². The summed E-state index contributed by atoms with van der Waals surface area (Å²) >= 11 is 0. The predicted molar refractivity (Wildman–Crippen MR) is 353 cm³/mol. The number of carbonyl (C=O) groups excluding carboxylic acids is 3. The maximum absolute atomic E-state index is 13.5. The van der Waals surface area contributed by atoms with Crippen LogP contribution in [0.1, 0.15) is 229 Å². The molecule has 0 aromatic heterocycles. The lowest BCUT2D eigenvalue weighted by atomic mass is 9.79. The van der Waals surface area contributed by atoms with Crippen LogP contribution in [-0.2, 0) is 47.8 Å². The molecular weight excluding hydrogens is 1140 g/mol. The van der Waals surface area contributed by atoms with Crippen molar-refractivity contribution in [2.75, 3.05) is 81.7 Å². The van der Waals surface area contributed by atoms with Crippen LogP contribution < -0.4 is 45.6 Å².